The summed E-state index contributed by atoms with van der Waals surface area (Å²) in [6.45, 7) is 6.14. The van der Waals surface area contributed by atoms with Crippen molar-refractivity contribution < 1.29 is 4.74 Å². The number of rotatable bonds is 3. The largest absolute Gasteiger partial charge is 0.496 e. The van der Waals surface area contributed by atoms with Gasteiger partial charge in [0.1, 0.15) is 11.6 Å². The van der Waals surface area contributed by atoms with Crippen LogP contribution in [0.4, 0.5) is 0 Å². The zero-order valence-electron chi connectivity index (χ0n) is 12.1. The van der Waals surface area contributed by atoms with Gasteiger partial charge in [-0.25, -0.2) is 9.97 Å². The van der Waals surface area contributed by atoms with Crippen LogP contribution in [-0.4, -0.2) is 30.2 Å². The lowest BCUT2D eigenvalue weighted by Gasteiger charge is -2.25. The quantitative estimate of drug-likeness (QED) is 0.929. The number of nitrogens with zero attached hydrogens (tertiary/aromatic N) is 2. The molecule has 0 atom stereocenters. The molecule has 0 unspecified atom stereocenters. The molecule has 20 heavy (non-hydrogen) atoms. The Morgan fingerprint density at radius 2 is 1.95 bits per heavy atom. The molecule has 0 aliphatic carbocycles. The highest BCUT2D eigenvalue weighted by Crippen LogP contribution is 2.30. The van der Waals surface area contributed by atoms with Gasteiger partial charge in [-0.3, -0.25) is 0 Å². The summed E-state index contributed by atoms with van der Waals surface area (Å²) in [4.78, 5) is 9.13. The van der Waals surface area contributed by atoms with Gasteiger partial charge in [0.2, 0.25) is 0 Å². The molecule has 4 heteroatoms. The molecule has 1 N–H and O–H groups in total. The van der Waals surface area contributed by atoms with E-state index in [1.165, 1.54) is 5.56 Å². The third-order valence-corrected chi connectivity index (χ3v) is 4.05. The van der Waals surface area contributed by atoms with Gasteiger partial charge in [0.05, 0.1) is 12.8 Å². The van der Waals surface area contributed by atoms with Crippen LogP contribution in [-0.2, 0) is 0 Å². The zero-order valence-corrected chi connectivity index (χ0v) is 12.1. The number of hydrogen-bond acceptors (Lipinski definition) is 4. The fraction of sp³-hybridized carbons (Fsp3) is 0.375. The highest BCUT2D eigenvalue weighted by Gasteiger charge is 2.22. The lowest BCUT2D eigenvalue weighted by Crippen LogP contribution is -2.40. The Morgan fingerprint density at radius 1 is 1.15 bits per heavy atom. The van der Waals surface area contributed by atoms with E-state index < -0.39 is 0 Å². The van der Waals surface area contributed by atoms with Crippen molar-refractivity contribution in [2.75, 3.05) is 20.2 Å². The molecule has 1 aromatic heterocycles. The second-order valence-electron chi connectivity index (χ2n) is 5.22. The average Bonchev–Trinajstić information content (AvgIpc) is 2.40. The third-order valence-electron chi connectivity index (χ3n) is 4.05. The first-order chi connectivity index (χ1) is 9.70. The maximum absolute atomic E-state index is 5.36. The minimum absolute atomic E-state index is 0.453. The van der Waals surface area contributed by atoms with Crippen molar-refractivity contribution in [1.29, 1.82) is 0 Å². The summed E-state index contributed by atoms with van der Waals surface area (Å²) in [6.07, 6.45) is 1.86. The van der Waals surface area contributed by atoms with Crippen molar-refractivity contribution in [3.8, 4) is 17.0 Å². The van der Waals surface area contributed by atoms with E-state index in [1.54, 1.807) is 7.11 Å². The van der Waals surface area contributed by atoms with Crippen LogP contribution in [0.2, 0.25) is 0 Å². The number of methoxy groups -OCH3 is 1. The predicted molar refractivity (Wildman–Crippen MR) is 79.1 cm³/mol. The van der Waals surface area contributed by atoms with Crippen LogP contribution >= 0.6 is 0 Å². The van der Waals surface area contributed by atoms with E-state index >= 15 is 0 Å². The number of aromatic nitrogens is 2. The van der Waals surface area contributed by atoms with Crippen molar-refractivity contribution in [3.63, 3.8) is 0 Å². The van der Waals surface area contributed by atoms with Crippen LogP contribution in [0.25, 0.3) is 11.3 Å². The first-order valence-electron chi connectivity index (χ1n) is 6.89. The highest BCUT2D eigenvalue weighted by atomic mass is 16.5. The second kappa shape index (κ2) is 5.21. The maximum Gasteiger partial charge on any atom is 0.134 e. The van der Waals surface area contributed by atoms with E-state index in [0.717, 1.165) is 41.5 Å². The highest BCUT2D eigenvalue weighted by molar-refractivity contribution is 5.67. The number of benzene rings is 1. The molecule has 0 amide bonds. The molecular formula is C16H19N3O. The normalized spacial score (nSPS) is 14.9. The molecule has 1 fully saturated rings. The van der Waals surface area contributed by atoms with E-state index in [4.69, 9.17) is 9.72 Å². The monoisotopic (exact) mass is 269 g/mol. The lowest BCUT2D eigenvalue weighted by atomic mass is 9.98. The van der Waals surface area contributed by atoms with Gasteiger partial charge in [0.25, 0.3) is 0 Å². The molecule has 1 aromatic carbocycles. The molecule has 3 rings (SSSR count). The minimum atomic E-state index is 0.453. The van der Waals surface area contributed by atoms with Crippen LogP contribution in [0.5, 0.6) is 5.75 Å². The molecule has 2 aromatic rings. The van der Waals surface area contributed by atoms with Gasteiger partial charge < -0.3 is 10.1 Å². The first kappa shape index (κ1) is 13.1. The summed E-state index contributed by atoms with van der Waals surface area (Å²) >= 11 is 0. The molecule has 0 spiro atoms. The van der Waals surface area contributed by atoms with E-state index in [1.807, 2.05) is 18.3 Å². The van der Waals surface area contributed by atoms with Gasteiger partial charge in [-0.2, -0.15) is 0 Å². The van der Waals surface area contributed by atoms with E-state index in [9.17, 15) is 0 Å². The Bertz CT molecular complexity index is 636. The van der Waals surface area contributed by atoms with Crippen LogP contribution < -0.4 is 10.1 Å². The third kappa shape index (κ3) is 2.16. The second-order valence-corrected chi connectivity index (χ2v) is 5.22. The van der Waals surface area contributed by atoms with Crippen molar-refractivity contribution >= 4 is 0 Å². The van der Waals surface area contributed by atoms with E-state index in [-0.39, 0.29) is 0 Å². The zero-order chi connectivity index (χ0) is 14.1. The molecule has 104 valence electrons. The van der Waals surface area contributed by atoms with Gasteiger partial charge in [-0.15, -0.1) is 0 Å². The first-order valence-corrected chi connectivity index (χ1v) is 6.89. The molecule has 1 saturated heterocycles. The Hall–Kier alpha value is -1.94. The molecule has 4 nitrogen and oxygen atoms in total. The Balaban J connectivity index is 2.02. The molecule has 0 bridgehead atoms. The summed E-state index contributed by atoms with van der Waals surface area (Å²) in [5.74, 6) is 2.31. The summed E-state index contributed by atoms with van der Waals surface area (Å²) in [7, 11) is 1.70. The fourth-order valence-corrected chi connectivity index (χ4v) is 2.49. The van der Waals surface area contributed by atoms with Gasteiger partial charge in [0, 0.05) is 30.8 Å². The van der Waals surface area contributed by atoms with E-state index in [2.05, 4.69) is 30.2 Å². The SMILES string of the molecule is COc1ccc(-c2ccnc(C3CNC3)n2)c(C)c1C. The van der Waals surface area contributed by atoms with Crippen molar-refractivity contribution in [3.05, 3.63) is 41.3 Å². The van der Waals surface area contributed by atoms with Crippen molar-refractivity contribution in [2.45, 2.75) is 19.8 Å². The van der Waals surface area contributed by atoms with Crippen LogP contribution in [0.15, 0.2) is 24.4 Å². The van der Waals surface area contributed by atoms with Crippen molar-refractivity contribution in [2.24, 2.45) is 0 Å². The summed E-state index contributed by atoms with van der Waals surface area (Å²) in [5.41, 5.74) is 4.51. The average molecular weight is 269 g/mol. The topological polar surface area (TPSA) is 47.0 Å². The summed E-state index contributed by atoms with van der Waals surface area (Å²) in [6, 6.07) is 6.06. The van der Waals surface area contributed by atoms with Crippen LogP contribution in [0.3, 0.4) is 0 Å². The summed E-state index contributed by atoms with van der Waals surface area (Å²) < 4.78 is 5.36. The van der Waals surface area contributed by atoms with Gasteiger partial charge in [-0.1, -0.05) is 0 Å². The lowest BCUT2D eigenvalue weighted by molar-refractivity contribution is 0.411. The minimum Gasteiger partial charge on any atom is -0.496 e. The Morgan fingerprint density at radius 3 is 2.60 bits per heavy atom. The maximum atomic E-state index is 5.36. The van der Waals surface area contributed by atoms with Gasteiger partial charge in [-0.05, 0) is 43.2 Å². The Kier molecular flexibility index (Phi) is 3.40. The standard InChI is InChI=1S/C16H19N3O/c1-10-11(2)15(20-3)5-4-13(10)14-6-7-18-16(19-14)12-8-17-9-12/h4-7,12,17H,8-9H2,1-3H3. The van der Waals surface area contributed by atoms with Gasteiger partial charge >= 0.3 is 0 Å². The van der Waals surface area contributed by atoms with Crippen LogP contribution in [0, 0.1) is 13.8 Å². The molecule has 2 heterocycles. The van der Waals surface area contributed by atoms with Crippen LogP contribution in [0.1, 0.15) is 22.9 Å². The Labute approximate surface area is 119 Å². The molecule has 1 aliphatic heterocycles. The number of nitrogens with one attached hydrogen (secondary N) is 1. The van der Waals surface area contributed by atoms with Crippen molar-refractivity contribution in [1.82, 2.24) is 15.3 Å². The van der Waals surface area contributed by atoms with E-state index in [0.29, 0.717) is 5.92 Å². The number of hydrogen-bond donors (Lipinski definition) is 1. The smallest absolute Gasteiger partial charge is 0.134 e. The molecule has 0 saturated carbocycles. The number of ether oxygens (including phenoxy) is 1. The molecule has 0 radical (unpaired) electrons. The van der Waals surface area contributed by atoms with Gasteiger partial charge in [0.15, 0.2) is 0 Å². The molecular weight excluding hydrogens is 250 g/mol. The fourth-order valence-electron chi connectivity index (χ4n) is 2.49. The molecule has 1 aliphatic rings. The predicted octanol–water partition coefficient (Wildman–Crippen LogP) is 2.46. The summed E-state index contributed by atoms with van der Waals surface area (Å²) in [5, 5.41) is 3.26.